The second-order valence-electron chi connectivity index (χ2n) is 3.46. The Morgan fingerprint density at radius 2 is 2.35 bits per heavy atom. The average Bonchev–Trinajstić information content (AvgIpc) is 2.84. The molecular weight excluding hydrogens is 254 g/mol. The number of nitrogens with one attached hydrogen (secondary N) is 1. The van der Waals surface area contributed by atoms with Crippen molar-refractivity contribution < 1.29 is 0 Å². The van der Waals surface area contributed by atoms with Gasteiger partial charge < -0.3 is 5.32 Å². The zero-order valence-corrected chi connectivity index (χ0v) is 10.6. The zero-order chi connectivity index (χ0) is 12.1. The zero-order valence-electron chi connectivity index (χ0n) is 8.98. The average molecular weight is 264 g/mol. The van der Waals surface area contributed by atoms with Crippen molar-refractivity contribution in [2.45, 2.75) is 6.42 Å². The van der Waals surface area contributed by atoms with Gasteiger partial charge in [0.15, 0.2) is 0 Å². The van der Waals surface area contributed by atoms with Crippen LogP contribution < -0.4 is 5.32 Å². The molecule has 86 valence electrons. The number of rotatable bonds is 4. The van der Waals surface area contributed by atoms with Gasteiger partial charge in [-0.15, -0.1) is 11.3 Å². The molecule has 0 aliphatic rings. The van der Waals surface area contributed by atoms with Gasteiger partial charge in [-0.05, 0) is 18.2 Å². The molecule has 0 atom stereocenters. The fourth-order valence-corrected chi connectivity index (χ4v) is 2.25. The lowest BCUT2D eigenvalue weighted by molar-refractivity contribution is 0.977. The van der Waals surface area contributed by atoms with Crippen LogP contribution in [0.25, 0.3) is 0 Å². The SMILES string of the molecule is N#Cc1ccc(NCCc2cscn2)c(Cl)c1. The van der Waals surface area contributed by atoms with Crippen LogP contribution in [0.1, 0.15) is 11.3 Å². The molecule has 1 aromatic heterocycles. The quantitative estimate of drug-likeness (QED) is 0.921. The Morgan fingerprint density at radius 1 is 1.47 bits per heavy atom. The molecule has 0 aliphatic carbocycles. The normalized spacial score (nSPS) is 9.88. The summed E-state index contributed by atoms with van der Waals surface area (Å²) in [4.78, 5) is 4.20. The van der Waals surface area contributed by atoms with Gasteiger partial charge in [-0.3, -0.25) is 0 Å². The highest BCUT2D eigenvalue weighted by molar-refractivity contribution is 7.07. The number of benzene rings is 1. The van der Waals surface area contributed by atoms with Gasteiger partial charge in [-0.1, -0.05) is 11.6 Å². The summed E-state index contributed by atoms with van der Waals surface area (Å²) in [6.07, 6.45) is 0.861. The third kappa shape index (κ3) is 3.19. The van der Waals surface area contributed by atoms with Gasteiger partial charge in [0, 0.05) is 18.3 Å². The molecule has 0 bridgehead atoms. The third-order valence-electron chi connectivity index (χ3n) is 2.28. The van der Waals surface area contributed by atoms with Crippen molar-refractivity contribution in [2.24, 2.45) is 0 Å². The molecule has 2 aromatic rings. The summed E-state index contributed by atoms with van der Waals surface area (Å²) in [5, 5.41) is 14.5. The minimum absolute atomic E-state index is 0.569. The summed E-state index contributed by atoms with van der Waals surface area (Å²) in [7, 11) is 0. The molecule has 2 rings (SSSR count). The van der Waals surface area contributed by atoms with E-state index in [-0.39, 0.29) is 0 Å². The molecule has 17 heavy (non-hydrogen) atoms. The van der Waals surface area contributed by atoms with Gasteiger partial charge >= 0.3 is 0 Å². The number of nitrogens with zero attached hydrogens (tertiary/aromatic N) is 2. The summed E-state index contributed by atoms with van der Waals surface area (Å²) in [6, 6.07) is 7.28. The lowest BCUT2D eigenvalue weighted by Crippen LogP contribution is -2.05. The Bertz CT molecular complexity index is 531. The molecule has 5 heteroatoms. The highest BCUT2D eigenvalue weighted by Crippen LogP contribution is 2.22. The van der Waals surface area contributed by atoms with Gasteiger partial charge in [-0.2, -0.15) is 5.26 Å². The lowest BCUT2D eigenvalue weighted by Gasteiger charge is -2.07. The van der Waals surface area contributed by atoms with Crippen molar-refractivity contribution in [1.82, 2.24) is 4.98 Å². The molecule has 0 saturated heterocycles. The number of thiazole rings is 1. The molecule has 0 aliphatic heterocycles. The molecule has 0 unspecified atom stereocenters. The monoisotopic (exact) mass is 263 g/mol. The van der Waals surface area contributed by atoms with Crippen LogP contribution in [-0.4, -0.2) is 11.5 Å². The number of aromatic nitrogens is 1. The summed E-state index contributed by atoms with van der Waals surface area (Å²) in [6.45, 7) is 0.773. The fraction of sp³-hybridized carbons (Fsp3) is 0.167. The second kappa shape index (κ2) is 5.67. The van der Waals surface area contributed by atoms with E-state index in [0.29, 0.717) is 10.6 Å². The number of anilines is 1. The van der Waals surface area contributed by atoms with Gasteiger partial charge in [0.1, 0.15) is 0 Å². The standard InChI is InChI=1S/C12H10ClN3S/c13-11-5-9(6-14)1-2-12(11)15-4-3-10-7-17-8-16-10/h1-2,5,7-8,15H,3-4H2. The Balaban J connectivity index is 1.93. The molecule has 0 amide bonds. The highest BCUT2D eigenvalue weighted by Gasteiger charge is 2.01. The molecule has 1 heterocycles. The van der Waals surface area contributed by atoms with Crippen molar-refractivity contribution >= 4 is 28.6 Å². The van der Waals surface area contributed by atoms with Gasteiger partial charge in [-0.25, -0.2) is 4.98 Å². The van der Waals surface area contributed by atoms with Crippen LogP contribution in [0, 0.1) is 11.3 Å². The predicted molar refractivity (Wildman–Crippen MR) is 70.5 cm³/mol. The second-order valence-corrected chi connectivity index (χ2v) is 4.59. The van der Waals surface area contributed by atoms with Gasteiger partial charge in [0.2, 0.25) is 0 Å². The summed E-state index contributed by atoms with van der Waals surface area (Å²) >= 11 is 7.63. The van der Waals surface area contributed by atoms with E-state index in [9.17, 15) is 0 Å². The first-order chi connectivity index (χ1) is 8.29. The van der Waals surface area contributed by atoms with E-state index >= 15 is 0 Å². The maximum Gasteiger partial charge on any atom is 0.0992 e. The Hall–Kier alpha value is -1.57. The van der Waals surface area contributed by atoms with Crippen molar-refractivity contribution in [1.29, 1.82) is 5.26 Å². The minimum atomic E-state index is 0.569. The topological polar surface area (TPSA) is 48.7 Å². The molecule has 1 aromatic carbocycles. The van der Waals surface area contributed by atoms with Gasteiger partial charge in [0.05, 0.1) is 33.5 Å². The number of hydrogen-bond acceptors (Lipinski definition) is 4. The van der Waals surface area contributed by atoms with Crippen LogP contribution in [0.4, 0.5) is 5.69 Å². The summed E-state index contributed by atoms with van der Waals surface area (Å²) < 4.78 is 0. The van der Waals surface area contributed by atoms with Crippen LogP contribution in [0.3, 0.4) is 0 Å². The van der Waals surface area contributed by atoms with E-state index in [0.717, 1.165) is 24.3 Å². The van der Waals surface area contributed by atoms with Crippen molar-refractivity contribution in [3.63, 3.8) is 0 Å². The molecule has 0 spiro atoms. The smallest absolute Gasteiger partial charge is 0.0992 e. The first-order valence-electron chi connectivity index (χ1n) is 5.10. The molecular formula is C12H10ClN3S. The van der Waals surface area contributed by atoms with Crippen LogP contribution in [0.2, 0.25) is 5.02 Å². The first kappa shape index (κ1) is 11.9. The van der Waals surface area contributed by atoms with Crippen LogP contribution >= 0.6 is 22.9 Å². The van der Waals surface area contributed by atoms with Crippen molar-refractivity contribution in [2.75, 3.05) is 11.9 Å². The maximum absolute atomic E-state index is 8.72. The summed E-state index contributed by atoms with van der Waals surface area (Å²) in [5.41, 5.74) is 4.32. The summed E-state index contributed by atoms with van der Waals surface area (Å²) in [5.74, 6) is 0. The maximum atomic E-state index is 8.72. The third-order valence-corrected chi connectivity index (χ3v) is 3.23. The number of halogens is 1. The molecule has 0 fully saturated rings. The Kier molecular flexibility index (Phi) is 3.97. The minimum Gasteiger partial charge on any atom is -0.383 e. The fourth-order valence-electron chi connectivity index (χ4n) is 1.41. The number of hydrogen-bond donors (Lipinski definition) is 1. The molecule has 0 radical (unpaired) electrons. The van der Waals surface area contributed by atoms with Gasteiger partial charge in [0.25, 0.3) is 0 Å². The largest absolute Gasteiger partial charge is 0.383 e. The van der Waals surface area contributed by atoms with E-state index in [2.05, 4.69) is 16.4 Å². The predicted octanol–water partition coefficient (Wildman–Crippen LogP) is 3.32. The highest BCUT2D eigenvalue weighted by atomic mass is 35.5. The van der Waals surface area contributed by atoms with Crippen molar-refractivity contribution in [3.05, 3.63) is 45.4 Å². The van der Waals surface area contributed by atoms with Crippen molar-refractivity contribution in [3.8, 4) is 6.07 Å². The van der Waals surface area contributed by atoms with E-state index in [1.165, 1.54) is 0 Å². The molecule has 1 N–H and O–H groups in total. The van der Waals surface area contributed by atoms with Crippen LogP contribution in [-0.2, 0) is 6.42 Å². The first-order valence-corrected chi connectivity index (χ1v) is 6.42. The molecule has 3 nitrogen and oxygen atoms in total. The lowest BCUT2D eigenvalue weighted by atomic mass is 10.2. The van der Waals surface area contributed by atoms with E-state index in [1.807, 2.05) is 17.0 Å². The number of nitriles is 1. The van der Waals surface area contributed by atoms with E-state index in [1.54, 1.807) is 23.5 Å². The Morgan fingerprint density at radius 3 is 3.00 bits per heavy atom. The molecule has 0 saturated carbocycles. The Labute approximate surface area is 109 Å². The van der Waals surface area contributed by atoms with Crippen LogP contribution in [0.15, 0.2) is 29.1 Å². The van der Waals surface area contributed by atoms with E-state index < -0.39 is 0 Å². The van der Waals surface area contributed by atoms with E-state index in [4.69, 9.17) is 16.9 Å². The van der Waals surface area contributed by atoms with Crippen LogP contribution in [0.5, 0.6) is 0 Å².